The van der Waals surface area contributed by atoms with Gasteiger partial charge in [0.05, 0.1) is 23.3 Å². The highest BCUT2D eigenvalue weighted by Gasteiger charge is 2.17. The van der Waals surface area contributed by atoms with Gasteiger partial charge in [-0.3, -0.25) is 0 Å². The third kappa shape index (κ3) is 1.80. The van der Waals surface area contributed by atoms with Crippen molar-refractivity contribution >= 4 is 5.69 Å². The van der Waals surface area contributed by atoms with Crippen molar-refractivity contribution in [1.82, 2.24) is 20.0 Å². The average Bonchev–Trinajstić information content (AvgIpc) is 2.74. The molecule has 0 aliphatic heterocycles. The quantitative estimate of drug-likeness (QED) is 0.873. The van der Waals surface area contributed by atoms with Gasteiger partial charge in [0.1, 0.15) is 11.6 Å². The molecule has 2 N–H and O–H groups in total. The molecule has 0 aliphatic carbocycles. The van der Waals surface area contributed by atoms with Crippen molar-refractivity contribution in [2.24, 2.45) is 0 Å². The monoisotopic (exact) mass is 242 g/mol. The van der Waals surface area contributed by atoms with E-state index in [2.05, 4.69) is 21.4 Å². The molecule has 18 heavy (non-hydrogen) atoms. The Balaban J connectivity index is 2.68. The van der Waals surface area contributed by atoms with Gasteiger partial charge in [-0.1, -0.05) is 13.8 Å². The lowest BCUT2D eigenvalue weighted by atomic mass is 10.2. The standard InChI is InChI=1S/C12H14N6/c1-3-9-11(14)10(4-2)18(17-9)12-8(7-13)5-6-15-16-12/h5-6H,3-4,14H2,1-2H3. The molecule has 92 valence electrons. The molecule has 2 rings (SSSR count). The fourth-order valence-electron chi connectivity index (χ4n) is 1.86. The second-order valence-electron chi connectivity index (χ2n) is 3.81. The molecule has 0 saturated carbocycles. The van der Waals surface area contributed by atoms with Crippen LogP contribution in [0.2, 0.25) is 0 Å². The molecule has 0 aliphatic rings. The predicted octanol–water partition coefficient (Wildman–Crippen LogP) is 1.24. The van der Waals surface area contributed by atoms with Crippen molar-refractivity contribution in [3.05, 3.63) is 29.2 Å². The van der Waals surface area contributed by atoms with Crippen LogP contribution >= 0.6 is 0 Å². The van der Waals surface area contributed by atoms with Gasteiger partial charge in [0.15, 0.2) is 5.82 Å². The number of nitrogens with two attached hydrogens (primary N) is 1. The first kappa shape index (κ1) is 12.0. The Morgan fingerprint density at radius 1 is 1.39 bits per heavy atom. The van der Waals surface area contributed by atoms with E-state index in [9.17, 15) is 0 Å². The van der Waals surface area contributed by atoms with E-state index < -0.39 is 0 Å². The number of nitriles is 1. The second-order valence-corrected chi connectivity index (χ2v) is 3.81. The van der Waals surface area contributed by atoms with Gasteiger partial charge in [0.25, 0.3) is 0 Å². The molecule has 0 saturated heterocycles. The molecule has 6 nitrogen and oxygen atoms in total. The molecule has 0 spiro atoms. The number of aryl methyl sites for hydroxylation is 1. The summed E-state index contributed by atoms with van der Waals surface area (Å²) in [4.78, 5) is 0. The number of nitrogen functional groups attached to an aromatic ring is 1. The summed E-state index contributed by atoms with van der Waals surface area (Å²) in [7, 11) is 0. The highest BCUT2D eigenvalue weighted by Crippen LogP contribution is 2.22. The Morgan fingerprint density at radius 3 is 2.78 bits per heavy atom. The van der Waals surface area contributed by atoms with Gasteiger partial charge in [0, 0.05) is 0 Å². The number of rotatable bonds is 3. The molecule has 0 bridgehead atoms. The van der Waals surface area contributed by atoms with Crippen LogP contribution in [0.4, 0.5) is 5.69 Å². The first-order valence-corrected chi connectivity index (χ1v) is 5.81. The Kier molecular flexibility index (Phi) is 3.24. The summed E-state index contributed by atoms with van der Waals surface area (Å²) in [6, 6.07) is 3.70. The van der Waals surface area contributed by atoms with Gasteiger partial charge in [0.2, 0.25) is 0 Å². The Labute approximate surface area is 105 Å². The fraction of sp³-hybridized carbons (Fsp3) is 0.333. The minimum absolute atomic E-state index is 0.434. The molecule has 0 atom stereocenters. The van der Waals surface area contributed by atoms with E-state index in [1.54, 1.807) is 10.7 Å². The predicted molar refractivity (Wildman–Crippen MR) is 67.0 cm³/mol. The van der Waals surface area contributed by atoms with Gasteiger partial charge in [-0.2, -0.15) is 15.5 Å². The van der Waals surface area contributed by atoms with Gasteiger partial charge in [-0.25, -0.2) is 4.68 Å². The van der Waals surface area contributed by atoms with Crippen molar-refractivity contribution in [3.8, 4) is 11.9 Å². The zero-order valence-corrected chi connectivity index (χ0v) is 10.4. The highest BCUT2D eigenvalue weighted by molar-refractivity contribution is 5.53. The summed E-state index contributed by atoms with van der Waals surface area (Å²) >= 11 is 0. The maximum Gasteiger partial charge on any atom is 0.193 e. The van der Waals surface area contributed by atoms with E-state index >= 15 is 0 Å². The lowest BCUT2D eigenvalue weighted by Gasteiger charge is -2.05. The lowest BCUT2D eigenvalue weighted by molar-refractivity contribution is 0.751. The van der Waals surface area contributed by atoms with Gasteiger partial charge in [-0.05, 0) is 18.9 Å². The molecule has 0 radical (unpaired) electrons. The van der Waals surface area contributed by atoms with Crippen LogP contribution in [-0.2, 0) is 12.8 Å². The Bertz CT molecular complexity index is 608. The van der Waals surface area contributed by atoms with Crippen LogP contribution < -0.4 is 5.73 Å². The van der Waals surface area contributed by atoms with Gasteiger partial charge in [-0.15, -0.1) is 5.10 Å². The van der Waals surface area contributed by atoms with Crippen LogP contribution in [0.1, 0.15) is 30.8 Å². The third-order valence-corrected chi connectivity index (χ3v) is 2.79. The Morgan fingerprint density at radius 2 is 2.17 bits per heavy atom. The first-order valence-electron chi connectivity index (χ1n) is 5.81. The molecule has 2 aromatic heterocycles. The summed E-state index contributed by atoms with van der Waals surface area (Å²) in [6.45, 7) is 3.98. The number of hydrogen-bond donors (Lipinski definition) is 1. The van der Waals surface area contributed by atoms with Crippen LogP contribution in [0.25, 0.3) is 5.82 Å². The molecule has 2 heterocycles. The van der Waals surface area contributed by atoms with E-state index in [-0.39, 0.29) is 0 Å². The summed E-state index contributed by atoms with van der Waals surface area (Å²) in [5.74, 6) is 0.434. The molecule has 0 amide bonds. The average molecular weight is 242 g/mol. The summed E-state index contributed by atoms with van der Waals surface area (Å²) < 4.78 is 1.62. The first-order chi connectivity index (χ1) is 8.72. The zero-order chi connectivity index (χ0) is 13.1. The molecule has 0 aromatic carbocycles. The summed E-state index contributed by atoms with van der Waals surface area (Å²) in [5, 5.41) is 21.3. The maximum absolute atomic E-state index is 9.09. The van der Waals surface area contributed by atoms with Crippen molar-refractivity contribution < 1.29 is 0 Å². The van der Waals surface area contributed by atoms with Crippen LogP contribution in [0.5, 0.6) is 0 Å². The molecule has 6 heteroatoms. The largest absolute Gasteiger partial charge is 0.396 e. The van der Waals surface area contributed by atoms with E-state index in [4.69, 9.17) is 11.0 Å². The number of aromatic nitrogens is 4. The summed E-state index contributed by atoms with van der Waals surface area (Å²) in [6.07, 6.45) is 2.95. The molecule has 0 unspecified atom stereocenters. The lowest BCUT2D eigenvalue weighted by Crippen LogP contribution is -2.08. The molecule has 2 aromatic rings. The van der Waals surface area contributed by atoms with E-state index in [1.165, 1.54) is 6.20 Å². The van der Waals surface area contributed by atoms with Crippen molar-refractivity contribution in [3.63, 3.8) is 0 Å². The number of hydrogen-bond acceptors (Lipinski definition) is 5. The topological polar surface area (TPSA) is 93.4 Å². The SMILES string of the molecule is CCc1nn(-c2nnccc2C#N)c(CC)c1N. The minimum Gasteiger partial charge on any atom is -0.396 e. The van der Waals surface area contributed by atoms with Crippen LogP contribution in [0, 0.1) is 11.3 Å². The Hall–Kier alpha value is -2.42. The van der Waals surface area contributed by atoms with Gasteiger partial charge >= 0.3 is 0 Å². The van der Waals surface area contributed by atoms with Crippen LogP contribution in [0.15, 0.2) is 12.3 Å². The van der Waals surface area contributed by atoms with E-state index in [1.807, 2.05) is 13.8 Å². The smallest absolute Gasteiger partial charge is 0.193 e. The molecular weight excluding hydrogens is 228 g/mol. The molecule has 0 fully saturated rings. The zero-order valence-electron chi connectivity index (χ0n) is 10.4. The minimum atomic E-state index is 0.434. The highest BCUT2D eigenvalue weighted by atomic mass is 15.4. The van der Waals surface area contributed by atoms with Crippen molar-refractivity contribution in [1.29, 1.82) is 5.26 Å². The second kappa shape index (κ2) is 4.84. The van der Waals surface area contributed by atoms with Crippen molar-refractivity contribution in [2.75, 3.05) is 5.73 Å². The molecular formula is C12H14N6. The summed E-state index contributed by atoms with van der Waals surface area (Å²) in [5.41, 5.74) is 8.84. The van der Waals surface area contributed by atoms with E-state index in [0.717, 1.165) is 24.2 Å². The van der Waals surface area contributed by atoms with Crippen LogP contribution in [0.3, 0.4) is 0 Å². The normalized spacial score (nSPS) is 10.3. The van der Waals surface area contributed by atoms with E-state index in [0.29, 0.717) is 17.1 Å². The third-order valence-electron chi connectivity index (χ3n) is 2.79. The van der Waals surface area contributed by atoms with Crippen molar-refractivity contribution in [2.45, 2.75) is 26.7 Å². The number of nitrogens with zero attached hydrogens (tertiary/aromatic N) is 5. The van der Waals surface area contributed by atoms with Crippen LogP contribution in [-0.4, -0.2) is 20.0 Å². The maximum atomic E-state index is 9.09. The fourth-order valence-corrected chi connectivity index (χ4v) is 1.86. The number of anilines is 1. The van der Waals surface area contributed by atoms with Gasteiger partial charge < -0.3 is 5.73 Å².